The summed E-state index contributed by atoms with van der Waals surface area (Å²) in [5, 5.41) is 8.59. The highest BCUT2D eigenvalue weighted by molar-refractivity contribution is 7.80. The van der Waals surface area contributed by atoms with Crippen molar-refractivity contribution in [2.75, 3.05) is 17.7 Å². The fourth-order valence-electron chi connectivity index (χ4n) is 2.26. The fraction of sp³-hybridized carbons (Fsp3) is 0.250. The van der Waals surface area contributed by atoms with Crippen molar-refractivity contribution in [1.29, 1.82) is 0 Å². The van der Waals surface area contributed by atoms with Crippen molar-refractivity contribution in [3.63, 3.8) is 0 Å². The van der Waals surface area contributed by atoms with Gasteiger partial charge < -0.3 is 20.7 Å². The molecule has 0 radical (unpaired) electrons. The number of ether oxygens (including phenoxy) is 1. The minimum absolute atomic E-state index is 0.0993. The van der Waals surface area contributed by atoms with Crippen LogP contribution in [0.4, 0.5) is 11.4 Å². The van der Waals surface area contributed by atoms with Gasteiger partial charge in [0.05, 0.1) is 19.2 Å². The summed E-state index contributed by atoms with van der Waals surface area (Å²) in [5.74, 6) is 0.0523. The van der Waals surface area contributed by atoms with Gasteiger partial charge >= 0.3 is 0 Å². The number of amides is 2. The number of thiocarbonyl (C=S) groups is 1. The third kappa shape index (κ3) is 6.38. The first-order chi connectivity index (χ1) is 12.9. The van der Waals surface area contributed by atoms with Crippen LogP contribution in [0.25, 0.3) is 0 Å². The highest BCUT2D eigenvalue weighted by atomic mass is 32.1. The molecule has 27 heavy (non-hydrogen) atoms. The van der Waals surface area contributed by atoms with Crippen LogP contribution < -0.4 is 20.7 Å². The first kappa shape index (κ1) is 20.4. The molecule has 0 aromatic heterocycles. The van der Waals surface area contributed by atoms with Crippen molar-refractivity contribution in [2.45, 2.75) is 20.3 Å². The molecule has 0 aliphatic carbocycles. The maximum absolute atomic E-state index is 12.1. The van der Waals surface area contributed by atoms with E-state index in [1.165, 1.54) is 7.11 Å². The van der Waals surface area contributed by atoms with E-state index < -0.39 is 0 Å². The number of hydrogen-bond donors (Lipinski definition) is 3. The van der Waals surface area contributed by atoms with Crippen LogP contribution in [-0.4, -0.2) is 24.0 Å². The van der Waals surface area contributed by atoms with Crippen molar-refractivity contribution in [3.8, 4) is 5.75 Å². The van der Waals surface area contributed by atoms with Gasteiger partial charge in [0.2, 0.25) is 11.8 Å². The molecule has 0 aliphatic heterocycles. The van der Waals surface area contributed by atoms with Crippen LogP contribution in [0.1, 0.15) is 19.4 Å². The zero-order chi connectivity index (χ0) is 19.8. The number of anilines is 2. The first-order valence-electron chi connectivity index (χ1n) is 8.52. The zero-order valence-corrected chi connectivity index (χ0v) is 16.4. The third-order valence-corrected chi connectivity index (χ3v) is 3.91. The van der Waals surface area contributed by atoms with Gasteiger partial charge in [0.25, 0.3) is 0 Å². The Labute approximate surface area is 164 Å². The molecule has 6 nitrogen and oxygen atoms in total. The Kier molecular flexibility index (Phi) is 7.31. The Balaban J connectivity index is 1.96. The van der Waals surface area contributed by atoms with E-state index in [9.17, 15) is 9.59 Å². The smallest absolute Gasteiger partial charge is 0.230 e. The number of hydrogen-bond acceptors (Lipinski definition) is 4. The van der Waals surface area contributed by atoms with E-state index in [0.29, 0.717) is 17.1 Å². The summed E-state index contributed by atoms with van der Waals surface area (Å²) in [6, 6.07) is 14.6. The topological polar surface area (TPSA) is 79.5 Å². The lowest BCUT2D eigenvalue weighted by molar-refractivity contribution is -0.119. The van der Waals surface area contributed by atoms with Crippen LogP contribution in [0.15, 0.2) is 48.5 Å². The quantitative estimate of drug-likeness (QED) is 0.665. The fourth-order valence-corrected chi connectivity index (χ4v) is 2.50. The van der Waals surface area contributed by atoms with Gasteiger partial charge in [0.15, 0.2) is 5.11 Å². The van der Waals surface area contributed by atoms with Gasteiger partial charge in [-0.1, -0.05) is 44.2 Å². The van der Waals surface area contributed by atoms with Gasteiger partial charge in [-0.15, -0.1) is 0 Å². The molecular weight excluding hydrogens is 362 g/mol. The second-order valence-corrected chi connectivity index (χ2v) is 6.63. The van der Waals surface area contributed by atoms with Crippen molar-refractivity contribution in [2.24, 2.45) is 5.92 Å². The molecule has 2 rings (SSSR count). The molecule has 0 bridgehead atoms. The van der Waals surface area contributed by atoms with Crippen molar-refractivity contribution >= 4 is 40.5 Å². The molecule has 0 saturated heterocycles. The summed E-state index contributed by atoms with van der Waals surface area (Å²) < 4.78 is 5.32. The molecule has 0 spiro atoms. The molecule has 2 amide bonds. The highest BCUT2D eigenvalue weighted by Gasteiger charge is 2.12. The van der Waals surface area contributed by atoms with Crippen molar-refractivity contribution in [1.82, 2.24) is 5.32 Å². The minimum Gasteiger partial charge on any atom is -0.494 e. The lowest BCUT2D eigenvalue weighted by Gasteiger charge is -2.15. The molecule has 3 N–H and O–H groups in total. The molecule has 0 atom stereocenters. The molecule has 0 fully saturated rings. The number of nitrogens with one attached hydrogen (secondary N) is 3. The standard InChI is InChI=1S/C20H23N3O3S/c1-13(2)19(25)22-16-10-9-15(12-17(16)26-3)21-20(27)23-18(24)11-14-7-5-4-6-8-14/h4-10,12-13H,11H2,1-3H3,(H,22,25)(H2,21,23,24,27). The van der Waals surface area contributed by atoms with Crippen LogP contribution >= 0.6 is 12.2 Å². The summed E-state index contributed by atoms with van der Waals surface area (Å²) >= 11 is 5.19. The molecule has 0 aliphatic rings. The van der Waals surface area contributed by atoms with E-state index in [0.717, 1.165) is 5.56 Å². The Morgan fingerprint density at radius 2 is 1.78 bits per heavy atom. The molecule has 2 aromatic carbocycles. The van der Waals surface area contributed by atoms with Gasteiger partial charge in [-0.05, 0) is 29.9 Å². The number of rotatable bonds is 6. The Morgan fingerprint density at radius 3 is 2.41 bits per heavy atom. The normalized spacial score (nSPS) is 10.2. The maximum Gasteiger partial charge on any atom is 0.230 e. The molecule has 0 unspecified atom stereocenters. The van der Waals surface area contributed by atoms with E-state index in [4.69, 9.17) is 17.0 Å². The largest absolute Gasteiger partial charge is 0.494 e. The molecule has 2 aromatic rings. The Hall–Kier alpha value is -2.93. The predicted octanol–water partition coefficient (Wildman–Crippen LogP) is 3.35. The Morgan fingerprint density at radius 1 is 1.07 bits per heavy atom. The van der Waals surface area contributed by atoms with Crippen molar-refractivity contribution in [3.05, 3.63) is 54.1 Å². The van der Waals surface area contributed by atoms with E-state index >= 15 is 0 Å². The molecule has 7 heteroatoms. The van der Waals surface area contributed by atoms with Crippen molar-refractivity contribution < 1.29 is 14.3 Å². The average Bonchev–Trinajstić information content (AvgIpc) is 2.63. The van der Waals surface area contributed by atoms with Gasteiger partial charge in [0.1, 0.15) is 5.75 Å². The van der Waals surface area contributed by atoms with Gasteiger partial charge in [-0.3, -0.25) is 9.59 Å². The summed E-state index contributed by atoms with van der Waals surface area (Å²) in [5.41, 5.74) is 2.12. The van der Waals surface area contributed by atoms with Crippen LogP contribution in [0.3, 0.4) is 0 Å². The van der Waals surface area contributed by atoms with Crippen LogP contribution in [0.2, 0.25) is 0 Å². The van der Waals surface area contributed by atoms with Crippen LogP contribution in [0, 0.1) is 5.92 Å². The number of carbonyl (C=O) groups excluding carboxylic acids is 2. The lowest BCUT2D eigenvalue weighted by atomic mass is 10.1. The highest BCUT2D eigenvalue weighted by Crippen LogP contribution is 2.28. The Bertz CT molecular complexity index is 822. The van der Waals surface area contributed by atoms with E-state index in [1.54, 1.807) is 18.2 Å². The molecular formula is C20H23N3O3S. The number of methoxy groups -OCH3 is 1. The summed E-state index contributed by atoms with van der Waals surface area (Å²) in [7, 11) is 1.52. The number of carbonyl (C=O) groups is 2. The summed E-state index contributed by atoms with van der Waals surface area (Å²) in [6.07, 6.45) is 0.242. The molecule has 142 valence electrons. The third-order valence-electron chi connectivity index (χ3n) is 3.70. The zero-order valence-electron chi connectivity index (χ0n) is 15.5. The summed E-state index contributed by atoms with van der Waals surface area (Å²) in [6.45, 7) is 3.63. The van der Waals surface area contributed by atoms with Gasteiger partial charge in [-0.25, -0.2) is 0 Å². The van der Waals surface area contributed by atoms with Crippen LogP contribution in [-0.2, 0) is 16.0 Å². The van der Waals surface area contributed by atoms with E-state index in [1.807, 2.05) is 44.2 Å². The van der Waals surface area contributed by atoms with Crippen LogP contribution in [0.5, 0.6) is 5.75 Å². The van der Waals surface area contributed by atoms with Gasteiger partial charge in [0, 0.05) is 17.7 Å². The average molecular weight is 385 g/mol. The number of benzene rings is 2. The molecule has 0 heterocycles. The molecule has 0 saturated carbocycles. The monoisotopic (exact) mass is 385 g/mol. The second-order valence-electron chi connectivity index (χ2n) is 6.22. The minimum atomic E-state index is -0.202. The SMILES string of the molecule is COc1cc(NC(=S)NC(=O)Cc2ccccc2)ccc1NC(=O)C(C)C. The second kappa shape index (κ2) is 9.68. The maximum atomic E-state index is 12.1. The lowest BCUT2D eigenvalue weighted by Crippen LogP contribution is -2.35. The van der Waals surface area contributed by atoms with E-state index in [-0.39, 0.29) is 29.3 Å². The summed E-state index contributed by atoms with van der Waals surface area (Å²) in [4.78, 5) is 23.9. The van der Waals surface area contributed by atoms with Gasteiger partial charge in [-0.2, -0.15) is 0 Å². The predicted molar refractivity (Wildman–Crippen MR) is 111 cm³/mol. The first-order valence-corrected chi connectivity index (χ1v) is 8.93. The van der Waals surface area contributed by atoms with E-state index in [2.05, 4.69) is 16.0 Å².